The SMILES string of the molecule is Cc1cc(NC(=O)C2CNC(=O)C2)cc(C)c1Br. The maximum atomic E-state index is 12.0. The molecule has 1 atom stereocenters. The number of carbonyl (C=O) groups excluding carboxylic acids is 2. The largest absolute Gasteiger partial charge is 0.355 e. The molecule has 1 aromatic carbocycles. The lowest BCUT2D eigenvalue weighted by Crippen LogP contribution is -2.24. The van der Waals surface area contributed by atoms with Crippen LogP contribution in [0.25, 0.3) is 0 Å². The topological polar surface area (TPSA) is 58.2 Å². The third kappa shape index (κ3) is 2.72. The Morgan fingerprint density at radius 2 is 2.00 bits per heavy atom. The molecule has 1 saturated heterocycles. The third-order valence-electron chi connectivity index (χ3n) is 3.05. The second-order valence-electron chi connectivity index (χ2n) is 4.62. The molecule has 18 heavy (non-hydrogen) atoms. The average molecular weight is 311 g/mol. The summed E-state index contributed by atoms with van der Waals surface area (Å²) in [5.74, 6) is -0.422. The number of hydrogen-bond donors (Lipinski definition) is 2. The van der Waals surface area contributed by atoms with E-state index < -0.39 is 0 Å². The predicted octanol–water partition coefficient (Wildman–Crippen LogP) is 2.14. The van der Waals surface area contributed by atoms with Crippen molar-refractivity contribution in [3.63, 3.8) is 0 Å². The summed E-state index contributed by atoms with van der Waals surface area (Å²) in [4.78, 5) is 23.0. The molecule has 0 bridgehead atoms. The number of amides is 2. The number of carbonyl (C=O) groups is 2. The van der Waals surface area contributed by atoms with Crippen LogP contribution >= 0.6 is 15.9 Å². The molecular weight excluding hydrogens is 296 g/mol. The van der Waals surface area contributed by atoms with Crippen molar-refractivity contribution in [2.75, 3.05) is 11.9 Å². The summed E-state index contributed by atoms with van der Waals surface area (Å²) in [7, 11) is 0. The lowest BCUT2D eigenvalue weighted by molar-refractivity contribution is -0.123. The van der Waals surface area contributed by atoms with Crippen LogP contribution in [0.4, 0.5) is 5.69 Å². The van der Waals surface area contributed by atoms with E-state index in [0.29, 0.717) is 6.54 Å². The molecule has 0 aliphatic carbocycles. The van der Waals surface area contributed by atoms with Crippen LogP contribution in [0.1, 0.15) is 17.5 Å². The van der Waals surface area contributed by atoms with Gasteiger partial charge in [0, 0.05) is 23.1 Å². The van der Waals surface area contributed by atoms with Gasteiger partial charge in [-0.1, -0.05) is 15.9 Å². The Bertz CT molecular complexity index is 491. The van der Waals surface area contributed by atoms with Crippen LogP contribution in [0.5, 0.6) is 0 Å². The summed E-state index contributed by atoms with van der Waals surface area (Å²) in [5.41, 5.74) is 2.93. The highest BCUT2D eigenvalue weighted by atomic mass is 79.9. The molecule has 4 nitrogen and oxygen atoms in total. The van der Waals surface area contributed by atoms with Crippen LogP contribution in [-0.2, 0) is 9.59 Å². The normalized spacial score (nSPS) is 18.6. The molecule has 1 fully saturated rings. The Hall–Kier alpha value is -1.36. The molecule has 0 saturated carbocycles. The van der Waals surface area contributed by atoms with Gasteiger partial charge in [0.05, 0.1) is 5.92 Å². The van der Waals surface area contributed by atoms with Gasteiger partial charge in [0.1, 0.15) is 0 Å². The van der Waals surface area contributed by atoms with Gasteiger partial charge in [-0.3, -0.25) is 9.59 Å². The monoisotopic (exact) mass is 310 g/mol. The highest BCUT2D eigenvalue weighted by molar-refractivity contribution is 9.10. The van der Waals surface area contributed by atoms with Crippen molar-refractivity contribution in [1.82, 2.24) is 5.32 Å². The zero-order valence-corrected chi connectivity index (χ0v) is 11.9. The van der Waals surface area contributed by atoms with Crippen LogP contribution in [0.3, 0.4) is 0 Å². The quantitative estimate of drug-likeness (QED) is 0.879. The first-order valence-corrected chi connectivity index (χ1v) is 6.61. The number of halogens is 1. The first-order chi connectivity index (χ1) is 8.47. The molecule has 0 radical (unpaired) electrons. The van der Waals surface area contributed by atoms with Crippen LogP contribution in [0.2, 0.25) is 0 Å². The molecule has 5 heteroatoms. The number of anilines is 1. The van der Waals surface area contributed by atoms with Crippen molar-refractivity contribution >= 4 is 33.4 Å². The molecule has 1 aliphatic rings. The molecular formula is C13H15BrN2O2. The minimum atomic E-state index is -0.262. The van der Waals surface area contributed by atoms with E-state index in [1.165, 1.54) is 0 Å². The van der Waals surface area contributed by atoms with Gasteiger partial charge in [-0.2, -0.15) is 0 Å². The second kappa shape index (κ2) is 5.10. The minimum absolute atomic E-state index is 0.0571. The summed E-state index contributed by atoms with van der Waals surface area (Å²) in [6.07, 6.45) is 0.278. The van der Waals surface area contributed by atoms with E-state index in [0.717, 1.165) is 21.3 Å². The molecule has 0 spiro atoms. The smallest absolute Gasteiger partial charge is 0.229 e. The maximum Gasteiger partial charge on any atom is 0.229 e. The molecule has 2 N–H and O–H groups in total. The van der Waals surface area contributed by atoms with Crippen LogP contribution in [0, 0.1) is 19.8 Å². The molecule has 1 aliphatic heterocycles. The maximum absolute atomic E-state index is 12.0. The van der Waals surface area contributed by atoms with Gasteiger partial charge in [0.25, 0.3) is 0 Å². The molecule has 0 aromatic heterocycles. The van der Waals surface area contributed by atoms with Gasteiger partial charge < -0.3 is 10.6 Å². The second-order valence-corrected chi connectivity index (χ2v) is 5.41. The average Bonchev–Trinajstić information content (AvgIpc) is 2.72. The van der Waals surface area contributed by atoms with Crippen molar-refractivity contribution in [2.24, 2.45) is 5.92 Å². The highest BCUT2D eigenvalue weighted by Crippen LogP contribution is 2.25. The van der Waals surface area contributed by atoms with E-state index in [9.17, 15) is 9.59 Å². The fourth-order valence-corrected chi connectivity index (χ4v) is 2.28. The molecule has 1 heterocycles. The van der Waals surface area contributed by atoms with E-state index in [4.69, 9.17) is 0 Å². The van der Waals surface area contributed by atoms with E-state index >= 15 is 0 Å². The number of benzene rings is 1. The highest BCUT2D eigenvalue weighted by Gasteiger charge is 2.27. The van der Waals surface area contributed by atoms with Gasteiger partial charge in [0.2, 0.25) is 11.8 Å². The summed E-state index contributed by atoms with van der Waals surface area (Å²) in [5, 5.41) is 5.52. The van der Waals surface area contributed by atoms with Crippen LogP contribution in [-0.4, -0.2) is 18.4 Å². The van der Waals surface area contributed by atoms with Gasteiger partial charge in [-0.15, -0.1) is 0 Å². The molecule has 2 amide bonds. The summed E-state index contributed by atoms with van der Waals surface area (Å²) >= 11 is 3.49. The number of aryl methyl sites for hydroxylation is 2. The van der Waals surface area contributed by atoms with E-state index in [-0.39, 0.29) is 24.2 Å². The number of hydrogen-bond acceptors (Lipinski definition) is 2. The first kappa shape index (κ1) is 13.1. The van der Waals surface area contributed by atoms with Crippen molar-refractivity contribution in [1.29, 1.82) is 0 Å². The standard InChI is InChI=1S/C13H15BrN2O2/c1-7-3-10(4-8(2)12(7)14)16-13(18)9-5-11(17)15-6-9/h3-4,9H,5-6H2,1-2H3,(H,15,17)(H,16,18). The van der Waals surface area contributed by atoms with Crippen LogP contribution < -0.4 is 10.6 Å². The molecule has 2 rings (SSSR count). The van der Waals surface area contributed by atoms with Gasteiger partial charge in [0.15, 0.2) is 0 Å². The summed E-state index contributed by atoms with van der Waals surface area (Å²) in [6.45, 7) is 4.39. The fourth-order valence-electron chi connectivity index (χ4n) is 2.05. The number of rotatable bonds is 2. The van der Waals surface area contributed by atoms with E-state index in [1.54, 1.807) is 0 Å². The third-order valence-corrected chi connectivity index (χ3v) is 4.30. The predicted molar refractivity (Wildman–Crippen MR) is 73.4 cm³/mol. The lowest BCUT2D eigenvalue weighted by atomic mass is 10.1. The zero-order valence-electron chi connectivity index (χ0n) is 10.3. The Balaban J connectivity index is 2.10. The lowest BCUT2D eigenvalue weighted by Gasteiger charge is -2.12. The Kier molecular flexibility index (Phi) is 3.71. The van der Waals surface area contributed by atoms with Crippen molar-refractivity contribution in [2.45, 2.75) is 20.3 Å². The van der Waals surface area contributed by atoms with Gasteiger partial charge in [-0.25, -0.2) is 0 Å². The first-order valence-electron chi connectivity index (χ1n) is 5.81. The van der Waals surface area contributed by atoms with E-state index in [2.05, 4.69) is 26.6 Å². The minimum Gasteiger partial charge on any atom is -0.355 e. The summed E-state index contributed by atoms with van der Waals surface area (Å²) < 4.78 is 1.05. The van der Waals surface area contributed by atoms with Crippen molar-refractivity contribution < 1.29 is 9.59 Å². The molecule has 96 valence electrons. The fraction of sp³-hybridized carbons (Fsp3) is 0.385. The Labute approximate surface area is 114 Å². The molecule has 1 aromatic rings. The van der Waals surface area contributed by atoms with Crippen LogP contribution in [0.15, 0.2) is 16.6 Å². The zero-order chi connectivity index (χ0) is 13.3. The molecule has 1 unspecified atom stereocenters. The van der Waals surface area contributed by atoms with Gasteiger partial charge >= 0.3 is 0 Å². The van der Waals surface area contributed by atoms with E-state index in [1.807, 2.05) is 26.0 Å². The van der Waals surface area contributed by atoms with Crippen molar-refractivity contribution in [3.05, 3.63) is 27.7 Å². The Morgan fingerprint density at radius 1 is 1.39 bits per heavy atom. The summed E-state index contributed by atoms with van der Waals surface area (Å²) in [6, 6.07) is 3.83. The van der Waals surface area contributed by atoms with Gasteiger partial charge in [-0.05, 0) is 37.1 Å². The Morgan fingerprint density at radius 3 is 2.50 bits per heavy atom. The number of nitrogens with one attached hydrogen (secondary N) is 2. The van der Waals surface area contributed by atoms with Crippen molar-refractivity contribution in [3.8, 4) is 0 Å².